The Bertz CT molecular complexity index is 842. The van der Waals surface area contributed by atoms with Crippen molar-refractivity contribution in [2.45, 2.75) is 50.3 Å². The Hall–Kier alpha value is -1.63. The van der Waals surface area contributed by atoms with E-state index in [0.29, 0.717) is 31.3 Å². The fraction of sp³-hybridized carbons (Fsp3) is 0.565. The zero-order valence-corrected chi connectivity index (χ0v) is 18.1. The van der Waals surface area contributed by atoms with Gasteiger partial charge >= 0.3 is 0 Å². The number of rotatable bonds is 5. The molecular formula is C23H32N2O3S. The van der Waals surface area contributed by atoms with Crippen LogP contribution >= 0.6 is 0 Å². The Morgan fingerprint density at radius 3 is 2.45 bits per heavy atom. The number of piperidine rings is 2. The number of hydrogen-bond donors (Lipinski definition) is 0. The number of nitrogens with zero attached hydrogens (tertiary/aromatic N) is 2. The van der Waals surface area contributed by atoms with Gasteiger partial charge in [-0.2, -0.15) is 0 Å². The van der Waals surface area contributed by atoms with Gasteiger partial charge < -0.3 is 9.64 Å². The summed E-state index contributed by atoms with van der Waals surface area (Å²) in [7, 11) is -3.32. The van der Waals surface area contributed by atoms with Crippen LogP contribution < -0.4 is 4.74 Å². The fourth-order valence-electron chi connectivity index (χ4n) is 4.71. The van der Waals surface area contributed by atoms with Gasteiger partial charge in [0.1, 0.15) is 11.5 Å². The van der Waals surface area contributed by atoms with Gasteiger partial charge in [-0.05, 0) is 68.9 Å². The van der Waals surface area contributed by atoms with Crippen LogP contribution in [0.3, 0.4) is 0 Å². The molecule has 0 spiro atoms. The molecule has 0 radical (unpaired) electrons. The Labute approximate surface area is 175 Å². The van der Waals surface area contributed by atoms with Crippen LogP contribution in [0, 0.1) is 5.92 Å². The minimum absolute atomic E-state index is 0.463. The number of hydrogen-bond acceptors (Lipinski definition) is 4. The molecule has 0 bridgehead atoms. The summed E-state index contributed by atoms with van der Waals surface area (Å²) < 4.78 is 33.8. The highest BCUT2D eigenvalue weighted by atomic mass is 32.2. The van der Waals surface area contributed by atoms with E-state index in [9.17, 15) is 8.42 Å². The zero-order valence-electron chi connectivity index (χ0n) is 17.2. The molecule has 2 heterocycles. The molecule has 0 saturated carbocycles. The molecule has 158 valence electrons. The zero-order chi connectivity index (χ0) is 20.3. The third kappa shape index (κ3) is 4.93. The SMILES string of the molecule is CC1CCCN(C2CCN(S(=O)(=O)C3C=CC(Oc4ccccc4)=CC3)CC2)C1. The number of likely N-dealkylation sites (tertiary alicyclic amines) is 1. The second kappa shape index (κ2) is 9.02. The molecule has 0 aromatic heterocycles. The Morgan fingerprint density at radius 1 is 1.03 bits per heavy atom. The lowest BCUT2D eigenvalue weighted by Gasteiger charge is -2.41. The second-order valence-electron chi connectivity index (χ2n) is 8.57. The quantitative estimate of drug-likeness (QED) is 0.733. The minimum atomic E-state index is -3.32. The van der Waals surface area contributed by atoms with Gasteiger partial charge in [-0.1, -0.05) is 31.2 Å². The fourth-order valence-corrected chi connectivity index (χ4v) is 6.43. The first kappa shape index (κ1) is 20.6. The number of ether oxygens (including phenoxy) is 1. The summed E-state index contributed by atoms with van der Waals surface area (Å²) in [5.41, 5.74) is 0. The van der Waals surface area contributed by atoms with Crippen molar-refractivity contribution < 1.29 is 13.2 Å². The van der Waals surface area contributed by atoms with E-state index in [-0.39, 0.29) is 0 Å². The molecule has 5 nitrogen and oxygen atoms in total. The van der Waals surface area contributed by atoms with Crippen molar-refractivity contribution >= 4 is 10.0 Å². The molecule has 1 aliphatic carbocycles. The lowest BCUT2D eigenvalue weighted by atomic mass is 9.96. The van der Waals surface area contributed by atoms with Crippen LogP contribution in [0.25, 0.3) is 0 Å². The van der Waals surface area contributed by atoms with Crippen molar-refractivity contribution in [1.29, 1.82) is 0 Å². The number of allylic oxidation sites excluding steroid dienone is 2. The number of sulfonamides is 1. The molecule has 29 heavy (non-hydrogen) atoms. The highest BCUT2D eigenvalue weighted by Crippen LogP contribution is 2.28. The molecule has 2 atom stereocenters. The van der Waals surface area contributed by atoms with Crippen LogP contribution in [0.4, 0.5) is 0 Å². The van der Waals surface area contributed by atoms with Crippen LogP contribution in [0.1, 0.15) is 39.0 Å². The number of benzene rings is 1. The van der Waals surface area contributed by atoms with Crippen LogP contribution in [0.2, 0.25) is 0 Å². The molecule has 2 aliphatic heterocycles. The summed E-state index contributed by atoms with van der Waals surface area (Å²) in [6.07, 6.45) is 10.4. The molecule has 2 saturated heterocycles. The molecule has 0 amide bonds. The van der Waals surface area contributed by atoms with Crippen molar-refractivity contribution in [3.8, 4) is 5.75 Å². The highest BCUT2D eigenvalue weighted by molar-refractivity contribution is 7.89. The largest absolute Gasteiger partial charge is 0.458 e. The summed E-state index contributed by atoms with van der Waals surface area (Å²) in [6.45, 7) is 5.93. The molecule has 4 rings (SSSR count). The van der Waals surface area contributed by atoms with Gasteiger partial charge in [0.25, 0.3) is 0 Å². The molecule has 1 aromatic rings. The van der Waals surface area contributed by atoms with Crippen LogP contribution in [0.5, 0.6) is 5.75 Å². The second-order valence-corrected chi connectivity index (χ2v) is 10.7. The number of para-hydroxylation sites is 1. The summed E-state index contributed by atoms with van der Waals surface area (Å²) in [5.74, 6) is 2.23. The van der Waals surface area contributed by atoms with Crippen molar-refractivity contribution in [3.63, 3.8) is 0 Å². The van der Waals surface area contributed by atoms with E-state index < -0.39 is 15.3 Å². The van der Waals surface area contributed by atoms with E-state index in [4.69, 9.17) is 4.74 Å². The molecular weight excluding hydrogens is 384 g/mol. The van der Waals surface area contributed by atoms with E-state index >= 15 is 0 Å². The maximum atomic E-state index is 13.1. The Morgan fingerprint density at radius 2 is 1.79 bits per heavy atom. The van der Waals surface area contributed by atoms with Crippen LogP contribution in [-0.4, -0.2) is 55.1 Å². The third-order valence-electron chi connectivity index (χ3n) is 6.38. The molecule has 1 aromatic carbocycles. The van der Waals surface area contributed by atoms with Crippen LogP contribution in [-0.2, 0) is 10.0 Å². The maximum absolute atomic E-state index is 13.1. The maximum Gasteiger partial charge on any atom is 0.220 e. The first-order valence-corrected chi connectivity index (χ1v) is 12.4. The highest BCUT2D eigenvalue weighted by Gasteiger charge is 2.35. The van der Waals surface area contributed by atoms with Gasteiger partial charge in [0.05, 0.1) is 5.25 Å². The summed E-state index contributed by atoms with van der Waals surface area (Å²) in [4.78, 5) is 2.59. The normalized spacial score (nSPS) is 27.6. The topological polar surface area (TPSA) is 49.9 Å². The van der Waals surface area contributed by atoms with Gasteiger partial charge in [-0.25, -0.2) is 12.7 Å². The molecule has 6 heteroatoms. The van der Waals surface area contributed by atoms with E-state index in [0.717, 1.165) is 31.1 Å². The van der Waals surface area contributed by atoms with Gasteiger partial charge in [0.2, 0.25) is 10.0 Å². The summed E-state index contributed by atoms with van der Waals surface area (Å²) in [6, 6.07) is 10.1. The average Bonchev–Trinajstić information content (AvgIpc) is 2.75. The van der Waals surface area contributed by atoms with Gasteiger partial charge in [-0.15, -0.1) is 0 Å². The summed E-state index contributed by atoms with van der Waals surface area (Å²) in [5, 5.41) is -0.489. The average molecular weight is 417 g/mol. The lowest BCUT2D eigenvalue weighted by molar-refractivity contribution is 0.0942. The molecule has 3 aliphatic rings. The summed E-state index contributed by atoms with van der Waals surface area (Å²) >= 11 is 0. The van der Waals surface area contributed by atoms with Gasteiger partial charge in [0.15, 0.2) is 0 Å². The Balaban J connectivity index is 1.31. The van der Waals surface area contributed by atoms with Crippen molar-refractivity contribution in [2.75, 3.05) is 26.2 Å². The predicted octanol–water partition coefficient (Wildman–Crippen LogP) is 3.80. The molecule has 0 N–H and O–H groups in total. The first-order chi connectivity index (χ1) is 14.0. The molecule has 2 fully saturated rings. The predicted molar refractivity (Wildman–Crippen MR) is 116 cm³/mol. The smallest absolute Gasteiger partial charge is 0.220 e. The molecule has 2 unspecified atom stereocenters. The van der Waals surface area contributed by atoms with Crippen molar-refractivity contribution in [1.82, 2.24) is 9.21 Å². The minimum Gasteiger partial charge on any atom is -0.458 e. The monoisotopic (exact) mass is 416 g/mol. The van der Waals surface area contributed by atoms with E-state index in [1.807, 2.05) is 36.4 Å². The van der Waals surface area contributed by atoms with E-state index in [2.05, 4.69) is 11.8 Å². The standard InChI is InChI=1S/C23H32N2O3S/c1-19-6-5-15-24(18-19)20-13-16-25(17-14-20)29(26,27)23-11-9-22(10-12-23)28-21-7-3-2-4-8-21/h2-4,7-11,19-20,23H,5-6,12-18H2,1H3. The van der Waals surface area contributed by atoms with E-state index in [1.165, 1.54) is 19.4 Å². The Kier molecular flexibility index (Phi) is 6.42. The van der Waals surface area contributed by atoms with Crippen molar-refractivity contribution in [3.05, 3.63) is 54.3 Å². The van der Waals surface area contributed by atoms with Gasteiger partial charge in [0, 0.05) is 25.7 Å². The van der Waals surface area contributed by atoms with Crippen molar-refractivity contribution in [2.24, 2.45) is 5.92 Å². The van der Waals surface area contributed by atoms with E-state index in [1.54, 1.807) is 16.5 Å². The van der Waals surface area contributed by atoms with Gasteiger partial charge in [-0.3, -0.25) is 0 Å². The third-order valence-corrected chi connectivity index (χ3v) is 8.58. The lowest BCUT2D eigenvalue weighted by Crippen LogP contribution is -2.50. The van der Waals surface area contributed by atoms with Crippen LogP contribution in [0.15, 0.2) is 54.3 Å². The first-order valence-electron chi connectivity index (χ1n) is 10.9.